The molecule has 0 N–H and O–H groups in total. The van der Waals surface area contributed by atoms with Crippen molar-refractivity contribution in [1.82, 2.24) is 19.7 Å². The number of carbonyl (C=O) groups is 1. The fraction of sp³-hybridized carbons (Fsp3) is 0.429. The number of benzene rings is 2. The summed E-state index contributed by atoms with van der Waals surface area (Å²) in [7, 11) is 0. The highest BCUT2D eigenvalue weighted by molar-refractivity contribution is 6.30. The number of hydrogen-bond acceptors (Lipinski definition) is 6. The SMILES string of the molecule is CC(C)(C)OC(=O)N1Cc2cc(Cl)ccc2-n2c(nnc2C2CCC(Oc3cccc(C#N)c3)CC2)C1. The molecule has 8 nitrogen and oxygen atoms in total. The van der Waals surface area contributed by atoms with Gasteiger partial charge in [0.25, 0.3) is 0 Å². The van der Waals surface area contributed by atoms with E-state index in [2.05, 4.69) is 20.8 Å². The normalized spacial score (nSPS) is 19.3. The Morgan fingerprint density at radius 3 is 2.59 bits per heavy atom. The molecule has 3 aromatic rings. The molecule has 1 fully saturated rings. The minimum absolute atomic E-state index is 0.0884. The van der Waals surface area contributed by atoms with Crippen LogP contribution in [0, 0.1) is 11.3 Å². The second kappa shape index (κ2) is 10.1. The summed E-state index contributed by atoms with van der Waals surface area (Å²) < 4.78 is 13.9. The quantitative estimate of drug-likeness (QED) is 0.412. The highest BCUT2D eigenvalue weighted by Crippen LogP contribution is 2.37. The van der Waals surface area contributed by atoms with E-state index in [4.69, 9.17) is 26.3 Å². The molecule has 1 aromatic heterocycles. The number of rotatable bonds is 3. The molecule has 2 aromatic carbocycles. The van der Waals surface area contributed by atoms with Gasteiger partial charge in [-0.05, 0) is 88.4 Å². The summed E-state index contributed by atoms with van der Waals surface area (Å²) in [6.07, 6.45) is 3.25. The molecular weight excluding hydrogens is 490 g/mol. The second-order valence-electron chi connectivity index (χ2n) is 10.7. The van der Waals surface area contributed by atoms with Crippen molar-refractivity contribution in [2.24, 2.45) is 0 Å². The molecule has 0 atom stereocenters. The van der Waals surface area contributed by atoms with Crippen molar-refractivity contribution in [2.75, 3.05) is 0 Å². The van der Waals surface area contributed by atoms with Crippen molar-refractivity contribution < 1.29 is 14.3 Å². The van der Waals surface area contributed by atoms with Crippen LogP contribution < -0.4 is 4.74 Å². The van der Waals surface area contributed by atoms with E-state index in [1.54, 1.807) is 17.0 Å². The van der Waals surface area contributed by atoms with Gasteiger partial charge >= 0.3 is 6.09 Å². The van der Waals surface area contributed by atoms with Gasteiger partial charge in [0.15, 0.2) is 5.82 Å². The van der Waals surface area contributed by atoms with E-state index in [-0.39, 0.29) is 12.0 Å². The molecule has 9 heteroatoms. The molecule has 0 saturated heterocycles. The molecule has 0 unspecified atom stereocenters. The van der Waals surface area contributed by atoms with Crippen molar-refractivity contribution in [2.45, 2.75) is 77.2 Å². The van der Waals surface area contributed by atoms with Crippen LogP contribution in [-0.4, -0.2) is 37.5 Å². The summed E-state index contributed by atoms with van der Waals surface area (Å²) in [6.45, 7) is 6.23. The summed E-state index contributed by atoms with van der Waals surface area (Å²) in [5.74, 6) is 2.54. The minimum Gasteiger partial charge on any atom is -0.490 e. The van der Waals surface area contributed by atoms with Gasteiger partial charge in [-0.25, -0.2) is 4.79 Å². The Bertz CT molecular complexity index is 1350. The Balaban J connectivity index is 1.37. The summed E-state index contributed by atoms with van der Waals surface area (Å²) >= 11 is 6.35. The Morgan fingerprint density at radius 2 is 1.86 bits per heavy atom. The lowest BCUT2D eigenvalue weighted by molar-refractivity contribution is 0.0214. The zero-order chi connectivity index (χ0) is 26.2. The third-order valence-corrected chi connectivity index (χ3v) is 6.92. The Labute approximate surface area is 221 Å². The smallest absolute Gasteiger partial charge is 0.411 e. The maximum atomic E-state index is 13.0. The zero-order valence-corrected chi connectivity index (χ0v) is 22.0. The number of fused-ring (bicyclic) bond motifs is 3. The molecule has 1 aliphatic heterocycles. The summed E-state index contributed by atoms with van der Waals surface area (Å²) in [6, 6.07) is 15.2. The molecule has 0 bridgehead atoms. The van der Waals surface area contributed by atoms with Gasteiger partial charge in [-0.3, -0.25) is 9.47 Å². The summed E-state index contributed by atoms with van der Waals surface area (Å²) in [4.78, 5) is 14.6. The van der Waals surface area contributed by atoms with E-state index in [1.165, 1.54) is 0 Å². The average Bonchev–Trinajstić information content (AvgIpc) is 3.19. The molecule has 1 aliphatic carbocycles. The van der Waals surface area contributed by atoms with E-state index in [9.17, 15) is 4.79 Å². The van der Waals surface area contributed by atoms with E-state index < -0.39 is 11.7 Å². The van der Waals surface area contributed by atoms with Crippen LogP contribution in [0.2, 0.25) is 5.02 Å². The maximum Gasteiger partial charge on any atom is 0.411 e. The number of nitriles is 1. The fourth-order valence-corrected chi connectivity index (χ4v) is 5.21. The molecular formula is C28H30ClN5O3. The van der Waals surface area contributed by atoms with E-state index in [0.717, 1.165) is 48.5 Å². The third kappa shape index (κ3) is 5.57. The lowest BCUT2D eigenvalue weighted by atomic mass is 9.86. The minimum atomic E-state index is -0.601. The molecule has 5 rings (SSSR count). The van der Waals surface area contributed by atoms with Crippen molar-refractivity contribution in [1.29, 1.82) is 5.26 Å². The third-order valence-electron chi connectivity index (χ3n) is 6.69. The number of ether oxygens (including phenoxy) is 2. The fourth-order valence-electron chi connectivity index (χ4n) is 5.02. The second-order valence-corrected chi connectivity index (χ2v) is 11.1. The first-order chi connectivity index (χ1) is 17.7. The summed E-state index contributed by atoms with van der Waals surface area (Å²) in [5.41, 5.74) is 1.86. The van der Waals surface area contributed by atoms with Crippen molar-refractivity contribution in [3.63, 3.8) is 0 Å². The van der Waals surface area contributed by atoms with Gasteiger partial charge in [0, 0.05) is 10.9 Å². The highest BCUT2D eigenvalue weighted by Gasteiger charge is 2.33. The van der Waals surface area contributed by atoms with E-state index >= 15 is 0 Å². The Kier molecular flexibility index (Phi) is 6.82. The van der Waals surface area contributed by atoms with Crippen LogP contribution in [0.3, 0.4) is 0 Å². The van der Waals surface area contributed by atoms with Gasteiger partial charge < -0.3 is 9.47 Å². The zero-order valence-electron chi connectivity index (χ0n) is 21.3. The van der Waals surface area contributed by atoms with Gasteiger partial charge in [-0.2, -0.15) is 5.26 Å². The first-order valence-electron chi connectivity index (χ1n) is 12.6. The first-order valence-corrected chi connectivity index (χ1v) is 13.0. The number of halogens is 1. The summed E-state index contributed by atoms with van der Waals surface area (Å²) in [5, 5.41) is 18.9. The van der Waals surface area contributed by atoms with Crippen LogP contribution in [0.1, 0.15) is 75.1 Å². The molecule has 0 radical (unpaired) electrons. The van der Waals surface area contributed by atoms with Crippen LogP contribution in [0.25, 0.3) is 5.69 Å². The lowest BCUT2D eigenvalue weighted by Gasteiger charge is -2.29. The Hall–Kier alpha value is -3.57. The maximum absolute atomic E-state index is 13.0. The van der Waals surface area contributed by atoms with Crippen LogP contribution in [0.4, 0.5) is 4.79 Å². The predicted octanol–water partition coefficient (Wildman–Crippen LogP) is 6.15. The topological polar surface area (TPSA) is 93.3 Å². The molecule has 192 valence electrons. The van der Waals surface area contributed by atoms with E-state index in [1.807, 2.05) is 51.1 Å². The largest absolute Gasteiger partial charge is 0.490 e. The van der Waals surface area contributed by atoms with Crippen LogP contribution in [0.5, 0.6) is 5.75 Å². The van der Waals surface area contributed by atoms with Gasteiger partial charge in [0.2, 0.25) is 0 Å². The monoisotopic (exact) mass is 519 g/mol. The van der Waals surface area contributed by atoms with Crippen LogP contribution >= 0.6 is 11.6 Å². The Morgan fingerprint density at radius 1 is 1.08 bits per heavy atom. The van der Waals surface area contributed by atoms with Crippen molar-refractivity contribution in [3.8, 4) is 17.5 Å². The van der Waals surface area contributed by atoms with Gasteiger partial charge in [0.05, 0.1) is 36.5 Å². The number of nitrogens with zero attached hydrogens (tertiary/aromatic N) is 5. The van der Waals surface area contributed by atoms with E-state index in [0.29, 0.717) is 29.5 Å². The molecule has 1 saturated carbocycles. The number of carbonyl (C=O) groups excluding carboxylic acids is 1. The predicted molar refractivity (Wildman–Crippen MR) is 139 cm³/mol. The molecule has 2 heterocycles. The average molecular weight is 520 g/mol. The molecule has 0 spiro atoms. The van der Waals surface area contributed by atoms with Crippen LogP contribution in [0.15, 0.2) is 42.5 Å². The number of aromatic nitrogens is 3. The molecule has 37 heavy (non-hydrogen) atoms. The molecule has 1 amide bonds. The molecule has 2 aliphatic rings. The van der Waals surface area contributed by atoms with Gasteiger partial charge in [-0.15, -0.1) is 10.2 Å². The number of hydrogen-bond donors (Lipinski definition) is 0. The first kappa shape index (κ1) is 25.1. The van der Waals surface area contributed by atoms with Crippen LogP contribution in [-0.2, 0) is 17.8 Å². The van der Waals surface area contributed by atoms with Gasteiger partial charge in [-0.1, -0.05) is 17.7 Å². The van der Waals surface area contributed by atoms with Crippen molar-refractivity contribution >= 4 is 17.7 Å². The standard InChI is InChI=1S/C28H30ClN5O3/c1-28(2,3)37-27(35)33-16-20-14-21(29)9-12-24(20)34-25(17-33)31-32-26(34)19-7-10-22(11-8-19)36-23-6-4-5-18(13-23)15-30/h4-6,9,12-14,19,22H,7-8,10-11,16-17H2,1-3H3. The van der Waals surface area contributed by atoms with Gasteiger partial charge in [0.1, 0.15) is 17.2 Å². The lowest BCUT2D eigenvalue weighted by Crippen LogP contribution is -2.35. The number of amides is 1. The van der Waals surface area contributed by atoms with Crippen molar-refractivity contribution in [3.05, 3.63) is 70.3 Å². The highest BCUT2D eigenvalue weighted by atomic mass is 35.5.